The van der Waals surface area contributed by atoms with Crippen molar-refractivity contribution >= 4 is 35.1 Å². The van der Waals surface area contributed by atoms with E-state index in [0.29, 0.717) is 30.6 Å². The molecule has 4 aromatic carbocycles. The van der Waals surface area contributed by atoms with Gasteiger partial charge in [-0.05, 0) is 54.5 Å². The van der Waals surface area contributed by atoms with Crippen molar-refractivity contribution in [3.05, 3.63) is 149 Å². The third-order valence-electron chi connectivity index (χ3n) is 9.51. The van der Waals surface area contributed by atoms with E-state index in [2.05, 4.69) is 0 Å². The summed E-state index contributed by atoms with van der Waals surface area (Å²) in [5.41, 5.74) is 3.91. The quantitative estimate of drug-likeness (QED) is 0.0584. The number of ketones is 2. The zero-order chi connectivity index (χ0) is 40.6. The smallest absolute Gasteiger partial charge is 0.416 e. The number of rotatable bonds is 21. The van der Waals surface area contributed by atoms with Crippen LogP contribution in [0, 0.1) is 12.8 Å². The molecule has 0 bridgehead atoms. The number of nitrogens with zero attached hydrogens (tertiary/aromatic N) is 1. The Kier molecular flexibility index (Phi) is 16.0. The van der Waals surface area contributed by atoms with Crippen molar-refractivity contribution in [3.8, 4) is 0 Å². The van der Waals surface area contributed by atoms with Gasteiger partial charge in [0.25, 0.3) is 0 Å². The Morgan fingerprint density at radius 1 is 0.877 bits per heavy atom. The first-order valence-electron chi connectivity index (χ1n) is 19.1. The maximum absolute atomic E-state index is 14.6. The van der Waals surface area contributed by atoms with Gasteiger partial charge in [0.1, 0.15) is 12.7 Å². The summed E-state index contributed by atoms with van der Waals surface area (Å²) in [4.78, 5) is 69.8. The Balaban J connectivity index is 1.37. The van der Waals surface area contributed by atoms with Crippen LogP contribution < -0.4 is 0 Å². The van der Waals surface area contributed by atoms with Crippen LogP contribution in [0.3, 0.4) is 0 Å². The predicted molar refractivity (Wildman–Crippen MR) is 213 cm³/mol. The molecule has 1 fully saturated rings. The molecule has 1 aliphatic rings. The monoisotopic (exact) mass is 775 g/mol. The van der Waals surface area contributed by atoms with Gasteiger partial charge in [-0.25, -0.2) is 9.69 Å². The zero-order valence-corrected chi connectivity index (χ0v) is 32.3. The highest BCUT2D eigenvalue weighted by atomic mass is 16.6. The van der Waals surface area contributed by atoms with Gasteiger partial charge in [-0.1, -0.05) is 121 Å². The van der Waals surface area contributed by atoms with Gasteiger partial charge in [0.2, 0.25) is 5.91 Å². The molecular weight excluding hydrogens is 727 g/mol. The normalized spacial score (nSPS) is 15.7. The molecular formula is C46H49NO10. The first kappa shape index (κ1) is 42.4. The largest absolute Gasteiger partial charge is 0.453 e. The Morgan fingerprint density at radius 2 is 1.53 bits per heavy atom. The Hall–Kier alpha value is -5.75. The number of cyclic esters (lactones) is 1. The molecule has 0 aliphatic carbocycles. The SMILES string of the molecule is CC(=O)O[C@H](C(=O)C=C(C(=O)CCCOC[C@@H](CO)OCc1ccccc1)c1cccc(C)c1)[C@H](Cc1ccccc1)C(=O)N1C(=O)OC[C@@H]1Cc1ccccc1. The lowest BCUT2D eigenvalue weighted by atomic mass is 9.87. The molecule has 0 aromatic heterocycles. The molecule has 298 valence electrons. The number of Topliss-reactive ketones (excluding diaryl/α,β-unsaturated/α-hetero) is 1. The highest BCUT2D eigenvalue weighted by Gasteiger charge is 2.45. The number of ether oxygens (including phenoxy) is 4. The second-order valence-electron chi connectivity index (χ2n) is 14.0. The van der Waals surface area contributed by atoms with E-state index in [1.807, 2.05) is 73.7 Å². The molecule has 1 saturated heterocycles. The van der Waals surface area contributed by atoms with E-state index in [0.717, 1.165) is 34.6 Å². The highest BCUT2D eigenvalue weighted by Crippen LogP contribution is 2.28. The lowest BCUT2D eigenvalue weighted by Gasteiger charge is -2.29. The molecule has 2 amide bonds. The lowest BCUT2D eigenvalue weighted by Crippen LogP contribution is -2.49. The minimum atomic E-state index is -1.68. The van der Waals surface area contributed by atoms with Gasteiger partial charge >= 0.3 is 12.1 Å². The van der Waals surface area contributed by atoms with Crippen LogP contribution in [0.1, 0.15) is 47.6 Å². The van der Waals surface area contributed by atoms with Crippen LogP contribution >= 0.6 is 0 Å². The number of benzene rings is 4. The molecule has 4 aromatic rings. The average molecular weight is 776 g/mol. The zero-order valence-electron chi connectivity index (χ0n) is 32.3. The van der Waals surface area contributed by atoms with Crippen LogP contribution in [-0.4, -0.2) is 84.2 Å². The summed E-state index contributed by atoms with van der Waals surface area (Å²) in [6.45, 7) is 3.33. The van der Waals surface area contributed by atoms with Crippen LogP contribution in [0.25, 0.3) is 5.57 Å². The van der Waals surface area contributed by atoms with Crippen molar-refractivity contribution in [2.45, 2.75) is 64.4 Å². The first-order valence-corrected chi connectivity index (χ1v) is 19.1. The van der Waals surface area contributed by atoms with Crippen LogP contribution in [0.5, 0.6) is 0 Å². The van der Waals surface area contributed by atoms with Crippen molar-refractivity contribution < 1.29 is 48.0 Å². The molecule has 5 rings (SSSR count). The summed E-state index contributed by atoms with van der Waals surface area (Å²) in [6, 6.07) is 34.3. The van der Waals surface area contributed by atoms with Gasteiger partial charge in [-0.15, -0.1) is 0 Å². The first-order chi connectivity index (χ1) is 27.6. The summed E-state index contributed by atoms with van der Waals surface area (Å²) in [6.07, 6.45) is -1.37. The number of aliphatic hydroxyl groups is 1. The van der Waals surface area contributed by atoms with Crippen molar-refractivity contribution in [1.82, 2.24) is 4.90 Å². The molecule has 1 aliphatic heterocycles. The molecule has 1 N–H and O–H groups in total. The summed E-state index contributed by atoms with van der Waals surface area (Å²) >= 11 is 0. The van der Waals surface area contributed by atoms with Crippen LogP contribution in [0.4, 0.5) is 4.79 Å². The number of amides is 2. The minimum absolute atomic E-state index is 0.00705. The van der Waals surface area contributed by atoms with Crippen molar-refractivity contribution in [2.75, 3.05) is 26.4 Å². The van der Waals surface area contributed by atoms with Gasteiger partial charge in [0.05, 0.1) is 31.8 Å². The standard InChI is InChI=1S/C46H49NO10/c1-32-14-12-21-37(24-32)40(42(50)22-13-23-54-31-39(28-48)55-29-36-19-10-5-11-20-36)27-43(51)44(57-33(2)49)41(26-35-17-8-4-9-18-35)45(52)47-38(30-56-46(47)53)25-34-15-6-3-7-16-34/h3-12,14-21,24,27,38-39,41,44,48H,13,22-23,25-26,28-31H2,1-2H3/t38-,39+,41-,44-/m0/s1. The maximum atomic E-state index is 14.6. The Morgan fingerprint density at radius 3 is 2.16 bits per heavy atom. The lowest BCUT2D eigenvalue weighted by molar-refractivity contribution is -0.158. The average Bonchev–Trinajstić information content (AvgIpc) is 3.58. The van der Waals surface area contributed by atoms with E-state index in [4.69, 9.17) is 18.9 Å². The number of aliphatic hydroxyl groups excluding tert-OH is 1. The molecule has 11 nitrogen and oxygen atoms in total. The molecule has 0 spiro atoms. The van der Waals surface area contributed by atoms with E-state index in [9.17, 15) is 29.1 Å². The number of allylic oxidation sites excluding steroid dienone is 1. The van der Waals surface area contributed by atoms with E-state index >= 15 is 0 Å². The van der Waals surface area contributed by atoms with Crippen LogP contribution in [0.15, 0.2) is 121 Å². The molecule has 4 atom stereocenters. The predicted octanol–water partition coefficient (Wildman–Crippen LogP) is 6.27. The summed E-state index contributed by atoms with van der Waals surface area (Å²) in [5, 5.41) is 9.78. The minimum Gasteiger partial charge on any atom is -0.453 e. The van der Waals surface area contributed by atoms with Crippen LogP contribution in [0.2, 0.25) is 0 Å². The van der Waals surface area contributed by atoms with Gasteiger partial charge in [-0.3, -0.25) is 19.2 Å². The molecule has 57 heavy (non-hydrogen) atoms. The number of esters is 1. The van der Waals surface area contributed by atoms with Gasteiger partial charge in [0, 0.05) is 25.5 Å². The van der Waals surface area contributed by atoms with Crippen molar-refractivity contribution in [3.63, 3.8) is 0 Å². The number of carbonyl (C=O) groups is 5. The maximum Gasteiger partial charge on any atom is 0.416 e. The third kappa shape index (κ3) is 12.6. The fourth-order valence-electron chi connectivity index (χ4n) is 6.64. The highest BCUT2D eigenvalue weighted by molar-refractivity contribution is 6.25. The third-order valence-corrected chi connectivity index (χ3v) is 9.51. The fraction of sp³-hybridized carbons (Fsp3) is 0.326. The number of hydrogen-bond donors (Lipinski definition) is 1. The van der Waals surface area contributed by atoms with Crippen LogP contribution in [-0.2, 0) is 57.6 Å². The van der Waals surface area contributed by atoms with E-state index in [1.165, 1.54) is 0 Å². The topological polar surface area (TPSA) is 146 Å². The van der Waals surface area contributed by atoms with E-state index in [1.54, 1.807) is 48.5 Å². The summed E-state index contributed by atoms with van der Waals surface area (Å²) in [7, 11) is 0. The second-order valence-corrected chi connectivity index (χ2v) is 14.0. The Bertz CT molecular complexity index is 1980. The van der Waals surface area contributed by atoms with E-state index in [-0.39, 0.29) is 50.6 Å². The van der Waals surface area contributed by atoms with Crippen molar-refractivity contribution in [2.24, 2.45) is 5.92 Å². The number of hydrogen-bond acceptors (Lipinski definition) is 10. The van der Waals surface area contributed by atoms with Gasteiger partial charge < -0.3 is 24.1 Å². The summed E-state index contributed by atoms with van der Waals surface area (Å²) in [5.74, 6) is -4.03. The van der Waals surface area contributed by atoms with E-state index < -0.39 is 47.9 Å². The van der Waals surface area contributed by atoms with Crippen molar-refractivity contribution in [1.29, 1.82) is 0 Å². The van der Waals surface area contributed by atoms with Gasteiger partial charge in [0.15, 0.2) is 17.7 Å². The number of aryl methyl sites for hydroxylation is 1. The number of carbonyl (C=O) groups excluding carboxylic acids is 5. The number of imide groups is 1. The Labute approximate surface area is 333 Å². The fourth-order valence-corrected chi connectivity index (χ4v) is 6.64. The van der Waals surface area contributed by atoms with Gasteiger partial charge in [-0.2, -0.15) is 0 Å². The second kappa shape index (κ2) is 21.5. The molecule has 1 heterocycles. The molecule has 0 unspecified atom stereocenters. The summed E-state index contributed by atoms with van der Waals surface area (Å²) < 4.78 is 22.5. The molecule has 0 radical (unpaired) electrons. The molecule has 0 saturated carbocycles. The molecule has 11 heteroatoms.